The number of nitrogen functional groups attached to an aromatic ring is 1. The van der Waals surface area contributed by atoms with Gasteiger partial charge in [-0.3, -0.25) is 4.79 Å². The van der Waals surface area contributed by atoms with E-state index in [4.69, 9.17) is 17.3 Å². The van der Waals surface area contributed by atoms with E-state index in [1.807, 2.05) is 11.9 Å². The summed E-state index contributed by atoms with van der Waals surface area (Å²) in [6.45, 7) is 5.46. The molecular formula is C16H24ClN3O. The maximum absolute atomic E-state index is 12.6. The van der Waals surface area contributed by atoms with E-state index in [2.05, 4.69) is 11.8 Å². The van der Waals surface area contributed by atoms with Crippen molar-refractivity contribution in [3.63, 3.8) is 0 Å². The SMILES string of the molecule is CCCN1CCC(N(C)C(=O)c2cc(Cl)ccc2N)CC1. The third-order valence-corrected chi connectivity index (χ3v) is 4.45. The second-order valence-corrected chi connectivity index (χ2v) is 6.16. The smallest absolute Gasteiger partial charge is 0.255 e. The fraction of sp³-hybridized carbons (Fsp3) is 0.562. The molecule has 0 saturated carbocycles. The minimum atomic E-state index is -0.0380. The summed E-state index contributed by atoms with van der Waals surface area (Å²) in [5, 5.41) is 0.540. The van der Waals surface area contributed by atoms with Crippen molar-refractivity contribution < 1.29 is 4.79 Å². The van der Waals surface area contributed by atoms with E-state index in [1.54, 1.807) is 18.2 Å². The van der Waals surface area contributed by atoms with Crippen molar-refractivity contribution in [2.24, 2.45) is 0 Å². The Hall–Kier alpha value is -1.26. The van der Waals surface area contributed by atoms with Crippen LogP contribution >= 0.6 is 11.6 Å². The number of piperidine rings is 1. The zero-order valence-electron chi connectivity index (χ0n) is 12.8. The molecule has 0 aromatic heterocycles. The fourth-order valence-corrected chi connectivity index (χ4v) is 3.09. The van der Waals surface area contributed by atoms with E-state index < -0.39 is 0 Å². The lowest BCUT2D eigenvalue weighted by molar-refractivity contribution is 0.0644. The van der Waals surface area contributed by atoms with Gasteiger partial charge in [0.1, 0.15) is 0 Å². The van der Waals surface area contributed by atoms with Crippen LogP contribution in [0.2, 0.25) is 5.02 Å². The number of likely N-dealkylation sites (tertiary alicyclic amines) is 1. The van der Waals surface area contributed by atoms with Gasteiger partial charge in [0.25, 0.3) is 5.91 Å². The monoisotopic (exact) mass is 309 g/mol. The Morgan fingerprint density at radius 3 is 2.71 bits per heavy atom. The normalized spacial score (nSPS) is 16.9. The van der Waals surface area contributed by atoms with Crippen LogP contribution in [0.3, 0.4) is 0 Å². The van der Waals surface area contributed by atoms with Crippen molar-refractivity contribution in [2.75, 3.05) is 32.4 Å². The molecule has 1 heterocycles. The molecule has 1 saturated heterocycles. The largest absolute Gasteiger partial charge is 0.398 e. The second kappa shape index (κ2) is 7.14. The predicted octanol–water partition coefficient (Wildman–Crippen LogP) is 2.87. The van der Waals surface area contributed by atoms with Crippen molar-refractivity contribution in [2.45, 2.75) is 32.2 Å². The minimum Gasteiger partial charge on any atom is -0.398 e. The van der Waals surface area contributed by atoms with Gasteiger partial charge in [0.15, 0.2) is 0 Å². The van der Waals surface area contributed by atoms with Gasteiger partial charge in [-0.25, -0.2) is 0 Å². The van der Waals surface area contributed by atoms with Crippen LogP contribution in [-0.2, 0) is 0 Å². The average Bonchev–Trinajstić information content (AvgIpc) is 2.49. The first-order chi connectivity index (χ1) is 10.0. The van der Waals surface area contributed by atoms with E-state index in [1.165, 1.54) is 6.42 Å². The Morgan fingerprint density at radius 2 is 2.10 bits per heavy atom. The maximum Gasteiger partial charge on any atom is 0.255 e. The zero-order chi connectivity index (χ0) is 15.4. The Labute approximate surface area is 131 Å². The number of nitrogens with zero attached hydrogens (tertiary/aromatic N) is 2. The van der Waals surface area contributed by atoms with E-state index in [9.17, 15) is 4.79 Å². The molecular weight excluding hydrogens is 286 g/mol. The molecule has 1 aromatic rings. The summed E-state index contributed by atoms with van der Waals surface area (Å²) in [7, 11) is 1.86. The van der Waals surface area contributed by atoms with Gasteiger partial charge in [-0.1, -0.05) is 18.5 Å². The third kappa shape index (κ3) is 3.89. The van der Waals surface area contributed by atoms with Crippen LogP contribution in [0.4, 0.5) is 5.69 Å². The highest BCUT2D eigenvalue weighted by Gasteiger charge is 2.26. The summed E-state index contributed by atoms with van der Waals surface area (Å²) in [5.41, 5.74) is 6.89. The first kappa shape index (κ1) is 16.1. The molecule has 1 aromatic carbocycles. The summed E-state index contributed by atoms with van der Waals surface area (Å²) in [5.74, 6) is -0.0380. The highest BCUT2D eigenvalue weighted by molar-refractivity contribution is 6.31. The molecule has 0 bridgehead atoms. The molecule has 0 atom stereocenters. The van der Waals surface area contributed by atoms with Crippen molar-refractivity contribution in [1.82, 2.24) is 9.80 Å². The number of nitrogens with two attached hydrogens (primary N) is 1. The van der Waals surface area contributed by atoms with Crippen LogP contribution in [0.1, 0.15) is 36.5 Å². The van der Waals surface area contributed by atoms with Gasteiger partial charge in [0.05, 0.1) is 5.56 Å². The molecule has 1 aliphatic heterocycles. The van der Waals surface area contributed by atoms with E-state index in [0.29, 0.717) is 16.3 Å². The molecule has 2 N–H and O–H groups in total. The summed E-state index contributed by atoms with van der Waals surface area (Å²) in [6.07, 6.45) is 3.21. The number of benzene rings is 1. The Balaban J connectivity index is 2.01. The topological polar surface area (TPSA) is 49.6 Å². The summed E-state index contributed by atoms with van der Waals surface area (Å²) < 4.78 is 0. The lowest BCUT2D eigenvalue weighted by atomic mass is 10.0. The first-order valence-electron chi connectivity index (χ1n) is 7.57. The standard InChI is InChI=1S/C16H24ClN3O/c1-3-8-20-9-6-13(7-10-20)19(2)16(21)14-11-12(17)4-5-15(14)18/h4-5,11,13H,3,6-10,18H2,1-2H3. The highest BCUT2D eigenvalue weighted by atomic mass is 35.5. The van der Waals surface area contributed by atoms with Gasteiger partial charge >= 0.3 is 0 Å². The number of carbonyl (C=O) groups excluding carboxylic acids is 1. The number of hydrogen-bond donors (Lipinski definition) is 1. The molecule has 0 aliphatic carbocycles. The van der Waals surface area contributed by atoms with Crippen LogP contribution < -0.4 is 5.73 Å². The van der Waals surface area contributed by atoms with E-state index in [0.717, 1.165) is 32.5 Å². The molecule has 5 heteroatoms. The van der Waals surface area contributed by atoms with Gasteiger partial charge in [-0.2, -0.15) is 0 Å². The molecule has 0 radical (unpaired) electrons. The molecule has 4 nitrogen and oxygen atoms in total. The van der Waals surface area contributed by atoms with E-state index in [-0.39, 0.29) is 11.9 Å². The van der Waals surface area contributed by atoms with Gasteiger partial charge in [-0.15, -0.1) is 0 Å². The summed E-state index contributed by atoms with van der Waals surface area (Å²) in [4.78, 5) is 16.9. The highest BCUT2D eigenvalue weighted by Crippen LogP contribution is 2.22. The van der Waals surface area contributed by atoms with Crippen LogP contribution in [0.5, 0.6) is 0 Å². The number of amides is 1. The predicted molar refractivity (Wildman–Crippen MR) is 87.7 cm³/mol. The number of carbonyl (C=O) groups is 1. The summed E-state index contributed by atoms with van der Waals surface area (Å²) >= 11 is 5.97. The lowest BCUT2D eigenvalue weighted by Gasteiger charge is -2.36. The van der Waals surface area contributed by atoms with Crippen LogP contribution in [0.15, 0.2) is 18.2 Å². The lowest BCUT2D eigenvalue weighted by Crippen LogP contribution is -2.45. The van der Waals surface area contributed by atoms with Crippen LogP contribution in [-0.4, -0.2) is 48.4 Å². The van der Waals surface area contributed by atoms with Crippen LogP contribution in [0, 0.1) is 0 Å². The van der Waals surface area contributed by atoms with Crippen molar-refractivity contribution in [1.29, 1.82) is 0 Å². The number of anilines is 1. The van der Waals surface area contributed by atoms with Gasteiger partial charge < -0.3 is 15.5 Å². The second-order valence-electron chi connectivity index (χ2n) is 5.72. The number of hydrogen-bond acceptors (Lipinski definition) is 3. The summed E-state index contributed by atoms with van der Waals surface area (Å²) in [6, 6.07) is 5.33. The average molecular weight is 310 g/mol. The number of halogens is 1. The molecule has 1 fully saturated rings. The quantitative estimate of drug-likeness (QED) is 0.870. The minimum absolute atomic E-state index is 0.0380. The van der Waals surface area contributed by atoms with Crippen molar-refractivity contribution >= 4 is 23.2 Å². The Bertz CT molecular complexity index is 498. The third-order valence-electron chi connectivity index (χ3n) is 4.21. The number of rotatable bonds is 4. The zero-order valence-corrected chi connectivity index (χ0v) is 13.6. The molecule has 0 spiro atoms. The van der Waals surface area contributed by atoms with Crippen molar-refractivity contribution in [3.8, 4) is 0 Å². The molecule has 1 amide bonds. The molecule has 0 unspecified atom stereocenters. The van der Waals surface area contributed by atoms with Crippen LogP contribution in [0.25, 0.3) is 0 Å². The van der Waals surface area contributed by atoms with Crippen molar-refractivity contribution in [3.05, 3.63) is 28.8 Å². The molecule has 2 rings (SSSR count). The van der Waals surface area contributed by atoms with Gasteiger partial charge in [0, 0.05) is 36.9 Å². The first-order valence-corrected chi connectivity index (χ1v) is 7.95. The Kier molecular flexibility index (Phi) is 5.48. The molecule has 1 aliphatic rings. The Morgan fingerprint density at radius 1 is 1.43 bits per heavy atom. The van der Waals surface area contributed by atoms with E-state index >= 15 is 0 Å². The van der Waals surface area contributed by atoms with Gasteiger partial charge in [0.2, 0.25) is 0 Å². The molecule has 21 heavy (non-hydrogen) atoms. The van der Waals surface area contributed by atoms with Gasteiger partial charge in [-0.05, 0) is 44.0 Å². The molecule has 116 valence electrons. The fourth-order valence-electron chi connectivity index (χ4n) is 2.92. The maximum atomic E-state index is 12.6.